The molecule has 33 heavy (non-hydrogen) atoms. The van der Waals surface area contributed by atoms with Crippen LogP contribution in [0.25, 0.3) is 11.3 Å². The van der Waals surface area contributed by atoms with Gasteiger partial charge in [-0.3, -0.25) is 14.7 Å². The number of esters is 1. The van der Waals surface area contributed by atoms with Crippen LogP contribution in [0.2, 0.25) is 0 Å². The molecule has 3 aromatic rings. The van der Waals surface area contributed by atoms with Crippen LogP contribution in [0.3, 0.4) is 0 Å². The van der Waals surface area contributed by atoms with Crippen molar-refractivity contribution in [3.63, 3.8) is 0 Å². The SMILES string of the molecule is Cc1c([C@@H]2CN(Cc3ccc(-c4ccc(=O)n(C)c4)nc3)C[C@H](C)N2)ccc2c1COC2=O. The van der Waals surface area contributed by atoms with Gasteiger partial charge < -0.3 is 14.6 Å². The lowest BCUT2D eigenvalue weighted by atomic mass is 9.92. The molecule has 0 unspecified atom stereocenters. The number of pyridine rings is 2. The van der Waals surface area contributed by atoms with Crippen molar-refractivity contribution in [2.75, 3.05) is 13.1 Å². The van der Waals surface area contributed by atoms with Gasteiger partial charge in [0, 0.05) is 68.4 Å². The molecule has 7 heteroatoms. The number of aromatic nitrogens is 2. The highest BCUT2D eigenvalue weighted by molar-refractivity contribution is 5.94. The summed E-state index contributed by atoms with van der Waals surface area (Å²) in [6.45, 7) is 7.30. The van der Waals surface area contributed by atoms with Crippen LogP contribution in [0.4, 0.5) is 0 Å². The Morgan fingerprint density at radius 3 is 2.73 bits per heavy atom. The number of aryl methyl sites for hydroxylation is 1. The van der Waals surface area contributed by atoms with Gasteiger partial charge in [-0.05, 0) is 48.7 Å². The third-order valence-electron chi connectivity index (χ3n) is 6.65. The first kappa shape index (κ1) is 21.6. The largest absolute Gasteiger partial charge is 0.457 e. The van der Waals surface area contributed by atoms with E-state index in [1.54, 1.807) is 17.7 Å². The van der Waals surface area contributed by atoms with Gasteiger partial charge in [0.2, 0.25) is 5.56 Å². The van der Waals surface area contributed by atoms with Gasteiger partial charge >= 0.3 is 5.97 Å². The molecular formula is C26H28N4O3. The van der Waals surface area contributed by atoms with E-state index < -0.39 is 0 Å². The molecule has 0 radical (unpaired) electrons. The van der Waals surface area contributed by atoms with Crippen LogP contribution in [-0.4, -0.2) is 39.6 Å². The summed E-state index contributed by atoms with van der Waals surface area (Å²) in [5.74, 6) is -0.222. The minimum absolute atomic E-state index is 0.0320. The molecule has 0 aliphatic carbocycles. The predicted molar refractivity (Wildman–Crippen MR) is 126 cm³/mol. The number of benzene rings is 1. The van der Waals surface area contributed by atoms with Crippen molar-refractivity contribution < 1.29 is 9.53 Å². The maximum Gasteiger partial charge on any atom is 0.338 e. The normalized spacial score (nSPS) is 20.5. The number of piperazine rings is 1. The number of nitrogens with zero attached hydrogens (tertiary/aromatic N) is 3. The first-order chi connectivity index (χ1) is 15.9. The Balaban J connectivity index is 1.32. The van der Waals surface area contributed by atoms with E-state index in [1.165, 1.54) is 5.56 Å². The summed E-state index contributed by atoms with van der Waals surface area (Å²) in [5, 5.41) is 3.72. The van der Waals surface area contributed by atoms with Crippen molar-refractivity contribution in [1.82, 2.24) is 19.8 Å². The fourth-order valence-electron chi connectivity index (χ4n) is 4.92. The van der Waals surface area contributed by atoms with Crippen LogP contribution in [0.5, 0.6) is 0 Å². The molecule has 0 amide bonds. The first-order valence-corrected chi connectivity index (χ1v) is 11.3. The molecule has 1 saturated heterocycles. The summed E-state index contributed by atoms with van der Waals surface area (Å²) in [7, 11) is 1.75. The standard InChI is InChI=1S/C26H28N4O3/c1-16-11-30(12-18-4-8-23(27-10-18)19-5-9-25(31)29(3)13-19)14-24(28-16)20-6-7-21-22(17(20)2)15-33-26(21)32/h4-10,13,16,24,28H,11-12,14-15H2,1-3H3/t16-,24-/m0/s1. The van der Waals surface area contributed by atoms with Crippen LogP contribution in [0, 0.1) is 6.92 Å². The maximum absolute atomic E-state index is 11.9. The van der Waals surface area contributed by atoms with Crippen molar-refractivity contribution in [2.24, 2.45) is 7.05 Å². The summed E-state index contributed by atoms with van der Waals surface area (Å²) >= 11 is 0. The summed E-state index contributed by atoms with van der Waals surface area (Å²) in [6, 6.07) is 12.0. The maximum atomic E-state index is 11.9. The minimum atomic E-state index is -0.222. The van der Waals surface area contributed by atoms with Crippen molar-refractivity contribution in [1.29, 1.82) is 0 Å². The topological polar surface area (TPSA) is 76.5 Å². The molecule has 2 atom stereocenters. The molecule has 0 bridgehead atoms. The number of rotatable bonds is 4. The zero-order valence-corrected chi connectivity index (χ0v) is 19.2. The van der Waals surface area contributed by atoms with Gasteiger partial charge in [0.15, 0.2) is 0 Å². The minimum Gasteiger partial charge on any atom is -0.457 e. The molecule has 0 spiro atoms. The smallest absolute Gasteiger partial charge is 0.338 e. The molecule has 1 fully saturated rings. The number of hydrogen-bond acceptors (Lipinski definition) is 6. The van der Waals surface area contributed by atoms with E-state index in [0.717, 1.165) is 47.6 Å². The van der Waals surface area contributed by atoms with Crippen molar-refractivity contribution in [2.45, 2.75) is 39.1 Å². The van der Waals surface area contributed by atoms with Gasteiger partial charge in [0.05, 0.1) is 11.3 Å². The average molecular weight is 445 g/mol. The van der Waals surface area contributed by atoms with Crippen LogP contribution in [0.15, 0.2) is 53.6 Å². The Morgan fingerprint density at radius 1 is 1.12 bits per heavy atom. The fraction of sp³-hybridized carbons (Fsp3) is 0.346. The zero-order chi connectivity index (χ0) is 23.1. The van der Waals surface area contributed by atoms with Gasteiger partial charge in [-0.1, -0.05) is 12.1 Å². The lowest BCUT2D eigenvalue weighted by molar-refractivity contribution is 0.0535. The number of cyclic esters (lactones) is 1. The van der Waals surface area contributed by atoms with E-state index in [0.29, 0.717) is 18.2 Å². The highest BCUT2D eigenvalue weighted by Crippen LogP contribution is 2.31. The molecule has 5 rings (SSSR count). The summed E-state index contributed by atoms with van der Waals surface area (Å²) in [4.78, 5) is 30.6. The Bertz CT molecular complexity index is 1270. The molecule has 4 heterocycles. The van der Waals surface area contributed by atoms with Crippen LogP contribution < -0.4 is 10.9 Å². The molecule has 1 N–H and O–H groups in total. The molecular weight excluding hydrogens is 416 g/mol. The van der Waals surface area contributed by atoms with Crippen LogP contribution in [0.1, 0.15) is 45.6 Å². The summed E-state index contributed by atoms with van der Waals surface area (Å²) in [5.41, 5.74) is 6.99. The molecule has 2 aliphatic rings. The number of carbonyl (C=O) groups is 1. The van der Waals surface area contributed by atoms with E-state index in [2.05, 4.69) is 41.2 Å². The first-order valence-electron chi connectivity index (χ1n) is 11.3. The molecule has 2 aliphatic heterocycles. The number of hydrogen-bond donors (Lipinski definition) is 1. The van der Waals surface area contributed by atoms with E-state index in [4.69, 9.17) is 4.74 Å². The van der Waals surface area contributed by atoms with Gasteiger partial charge in [-0.2, -0.15) is 0 Å². The average Bonchev–Trinajstić information content (AvgIpc) is 3.18. The predicted octanol–water partition coefficient (Wildman–Crippen LogP) is 2.96. The van der Waals surface area contributed by atoms with Crippen molar-refractivity contribution >= 4 is 5.97 Å². The second-order valence-electron chi connectivity index (χ2n) is 9.12. The van der Waals surface area contributed by atoms with E-state index >= 15 is 0 Å². The summed E-state index contributed by atoms with van der Waals surface area (Å²) in [6.07, 6.45) is 3.73. The fourth-order valence-corrected chi connectivity index (χ4v) is 4.92. The van der Waals surface area contributed by atoms with Gasteiger partial charge in [-0.25, -0.2) is 4.79 Å². The van der Waals surface area contributed by atoms with E-state index in [9.17, 15) is 9.59 Å². The molecule has 7 nitrogen and oxygen atoms in total. The lowest BCUT2D eigenvalue weighted by Crippen LogP contribution is -2.50. The monoisotopic (exact) mass is 444 g/mol. The molecule has 0 saturated carbocycles. The van der Waals surface area contributed by atoms with Gasteiger partial charge in [-0.15, -0.1) is 0 Å². The Labute approximate surface area is 193 Å². The summed E-state index contributed by atoms with van der Waals surface area (Å²) < 4.78 is 6.79. The van der Waals surface area contributed by atoms with Gasteiger partial charge in [0.25, 0.3) is 0 Å². The number of nitrogens with one attached hydrogen (secondary N) is 1. The molecule has 170 valence electrons. The Hall–Kier alpha value is -3.29. The number of fused-ring (bicyclic) bond motifs is 1. The van der Waals surface area contributed by atoms with Gasteiger partial charge in [0.1, 0.15) is 6.61 Å². The lowest BCUT2D eigenvalue weighted by Gasteiger charge is -2.38. The second-order valence-corrected chi connectivity index (χ2v) is 9.12. The van der Waals surface area contributed by atoms with E-state index in [-0.39, 0.29) is 17.6 Å². The highest BCUT2D eigenvalue weighted by atomic mass is 16.5. The second kappa shape index (κ2) is 8.57. The van der Waals surface area contributed by atoms with Crippen LogP contribution >= 0.6 is 0 Å². The third kappa shape index (κ3) is 4.21. The van der Waals surface area contributed by atoms with Crippen molar-refractivity contribution in [3.05, 3.63) is 87.0 Å². The third-order valence-corrected chi connectivity index (χ3v) is 6.65. The number of ether oxygens (including phenoxy) is 1. The molecule has 1 aromatic carbocycles. The van der Waals surface area contributed by atoms with E-state index in [1.807, 2.05) is 30.6 Å². The quantitative estimate of drug-likeness (QED) is 0.624. The van der Waals surface area contributed by atoms with Crippen LogP contribution in [-0.2, 0) is 24.9 Å². The molecule has 2 aromatic heterocycles. The Kier molecular flexibility index (Phi) is 5.60. The zero-order valence-electron chi connectivity index (χ0n) is 19.2. The number of carbonyl (C=O) groups excluding carboxylic acids is 1. The Morgan fingerprint density at radius 2 is 1.97 bits per heavy atom. The van der Waals surface area contributed by atoms with Crippen molar-refractivity contribution in [3.8, 4) is 11.3 Å². The highest BCUT2D eigenvalue weighted by Gasteiger charge is 2.30.